The van der Waals surface area contributed by atoms with Gasteiger partial charge in [-0.1, -0.05) is 50.7 Å². The summed E-state index contributed by atoms with van der Waals surface area (Å²) in [5, 5.41) is 96.2. The molecule has 1 aromatic heterocycles. The molecule has 0 bridgehead atoms. The molecule has 13 N–H and O–H groups in total. The van der Waals surface area contributed by atoms with E-state index in [4.69, 9.17) is 5.11 Å². The molecule has 3 atom stereocenters. The first-order valence-electron chi connectivity index (χ1n) is 30.9. The first-order chi connectivity index (χ1) is 43.8. The van der Waals surface area contributed by atoms with E-state index in [2.05, 4.69) is 41.1 Å². The Kier molecular flexibility index (Phi) is 33.8. The van der Waals surface area contributed by atoms with E-state index in [0.717, 1.165) is 62.0 Å². The third-order valence-electron chi connectivity index (χ3n) is 15.5. The summed E-state index contributed by atoms with van der Waals surface area (Å²) in [5.41, 5.74) is 1.25. The van der Waals surface area contributed by atoms with Gasteiger partial charge in [0.05, 0.1) is 26.1 Å². The van der Waals surface area contributed by atoms with Crippen LogP contribution in [0.25, 0.3) is 0 Å². The Hall–Kier alpha value is -8.60. The van der Waals surface area contributed by atoms with Crippen LogP contribution >= 0.6 is 0 Å². The number of nitrogens with one attached hydrogen (secondary N) is 4. The zero-order valence-electron chi connectivity index (χ0n) is 51.8. The number of hydrogen-bond acceptors (Lipinski definition) is 22. The number of carbonyl (C=O) groups is 11. The van der Waals surface area contributed by atoms with E-state index in [-0.39, 0.29) is 115 Å². The fraction of sp³-hybridized carbons (Fsp3) is 0.655. The number of amides is 3. The molecule has 2 saturated heterocycles. The molecular weight excluding hydrogens is 1210 g/mol. The number of hydrogen-bond donors (Lipinski definition) is 13. The second kappa shape index (κ2) is 41.0. The molecule has 34 heteroatoms. The summed E-state index contributed by atoms with van der Waals surface area (Å²) in [7, 11) is 0. The van der Waals surface area contributed by atoms with Gasteiger partial charge >= 0.3 is 59.8 Å². The Morgan fingerprint density at radius 2 is 1.00 bits per heavy atom. The van der Waals surface area contributed by atoms with Crippen molar-refractivity contribution in [2.45, 2.75) is 121 Å². The van der Waals surface area contributed by atoms with Crippen molar-refractivity contribution in [1.82, 2.24) is 55.4 Å². The second-order valence-corrected chi connectivity index (χ2v) is 22.8. The lowest BCUT2D eigenvalue weighted by atomic mass is 10.0. The van der Waals surface area contributed by atoms with Gasteiger partial charge < -0.3 is 77.0 Å². The highest BCUT2D eigenvalue weighted by molar-refractivity contribution is 5.86. The van der Waals surface area contributed by atoms with Crippen molar-refractivity contribution in [1.29, 1.82) is 0 Å². The minimum Gasteiger partial charge on any atom is -0.481 e. The summed E-state index contributed by atoms with van der Waals surface area (Å²) in [6.07, 6.45) is 8.01. The normalized spacial score (nSPS) is 16.4. The van der Waals surface area contributed by atoms with Gasteiger partial charge in [-0.25, -0.2) is 14.4 Å². The van der Waals surface area contributed by atoms with Crippen LogP contribution in [0.4, 0.5) is 28.3 Å². The molecule has 92 heavy (non-hydrogen) atoms. The van der Waals surface area contributed by atoms with Crippen LogP contribution in [-0.4, -0.2) is 294 Å². The van der Waals surface area contributed by atoms with Crippen molar-refractivity contribution in [3.05, 3.63) is 29.8 Å². The van der Waals surface area contributed by atoms with Gasteiger partial charge in [-0.15, -0.1) is 0 Å². The van der Waals surface area contributed by atoms with Gasteiger partial charge in [0, 0.05) is 110 Å². The first kappa shape index (κ1) is 75.9. The summed E-state index contributed by atoms with van der Waals surface area (Å²) in [4.78, 5) is 156. The Bertz CT molecular complexity index is 2730. The summed E-state index contributed by atoms with van der Waals surface area (Å²) in [6.45, 7) is 2.36. The maximum Gasteiger partial charge on any atom is 0.326 e. The maximum absolute atomic E-state index is 12.4. The van der Waals surface area contributed by atoms with E-state index in [1.807, 2.05) is 9.80 Å². The number of aliphatic carboxylic acids is 9. The molecular formula is C58H90N14O20. The molecule has 2 aliphatic rings. The third kappa shape index (κ3) is 31.4. The van der Waals surface area contributed by atoms with E-state index >= 15 is 0 Å². The summed E-state index contributed by atoms with van der Waals surface area (Å²) < 4.78 is 0. The zero-order valence-corrected chi connectivity index (χ0v) is 51.8. The molecule has 512 valence electrons. The predicted octanol–water partition coefficient (Wildman–Crippen LogP) is 0.442. The summed E-state index contributed by atoms with van der Waals surface area (Å²) >= 11 is 0. The summed E-state index contributed by atoms with van der Waals surface area (Å²) in [6, 6.07) is 2.68. The number of aromatic nitrogens is 3. The highest BCUT2D eigenvalue weighted by Crippen LogP contribution is 2.23. The van der Waals surface area contributed by atoms with Crippen LogP contribution in [-0.2, 0) is 54.4 Å². The minimum absolute atomic E-state index is 0.00454. The largest absolute Gasteiger partial charge is 0.481 e. The van der Waals surface area contributed by atoms with E-state index in [9.17, 15) is 93.6 Å². The van der Waals surface area contributed by atoms with Crippen LogP contribution in [0, 0.1) is 0 Å². The minimum atomic E-state index is -1.51. The van der Waals surface area contributed by atoms with E-state index in [1.54, 1.807) is 39.0 Å². The number of urea groups is 1. The molecule has 0 spiro atoms. The van der Waals surface area contributed by atoms with E-state index < -0.39 is 97.4 Å². The van der Waals surface area contributed by atoms with Gasteiger partial charge in [0.2, 0.25) is 23.8 Å². The number of carboxylic acid groups (broad SMARTS) is 9. The lowest BCUT2D eigenvalue weighted by Crippen LogP contribution is -2.52. The van der Waals surface area contributed by atoms with Crippen molar-refractivity contribution < 1.29 is 98.7 Å². The monoisotopic (exact) mass is 1300 g/mol. The summed E-state index contributed by atoms with van der Waals surface area (Å²) in [5.74, 6) is -11.1. The van der Waals surface area contributed by atoms with E-state index in [0.29, 0.717) is 70.5 Å². The van der Waals surface area contributed by atoms with Gasteiger partial charge in [0.1, 0.15) is 25.2 Å². The van der Waals surface area contributed by atoms with Crippen molar-refractivity contribution in [3.63, 3.8) is 0 Å². The van der Waals surface area contributed by atoms with Gasteiger partial charge in [-0.05, 0) is 69.2 Å². The van der Waals surface area contributed by atoms with Gasteiger partial charge in [-0.2, -0.15) is 15.0 Å². The molecule has 3 heterocycles. The number of benzene rings is 1. The van der Waals surface area contributed by atoms with Gasteiger partial charge in [-0.3, -0.25) is 62.9 Å². The third-order valence-corrected chi connectivity index (χ3v) is 15.5. The van der Waals surface area contributed by atoms with Crippen molar-refractivity contribution >= 4 is 89.2 Å². The quantitative estimate of drug-likeness (QED) is 0.0401. The standard InChI is InChI=1S/C58H90N14O20/c73-45(59-20-9-8-11-43(53(88)89)61-58(92)62-44(54(90)91)17-18-46(74)75)12-7-5-3-1-2-4-6-10-21-66-27-31-71(32-28-66)56-63-55(64-57(65-56)72(38-51(84)85)39-52(86)87)60-41-15-13-40(14-16-41)33-42-34-69(37-50(82)83)26-25-67(35-48(78)79)23-24-68(36-49(80)81)29-30-70(42)22-19-47(76)77/h13-16,42-44H,1-12,17-39H2,(H,59,73)(H,74,75)(H,76,77)(H,78,79)(H,80,81)(H,82,83)(H,84,85)(H,86,87)(H,88,89)(H,90,91)(H2,61,62,92)(H,60,63,64,65)/t42?,43-,44-/m0/s1. The highest BCUT2D eigenvalue weighted by atomic mass is 16.4. The average molecular weight is 1300 g/mol. The lowest BCUT2D eigenvalue weighted by molar-refractivity contribution is -0.141. The molecule has 1 aromatic carbocycles. The number of piperazine rings is 1. The number of anilines is 4. The van der Waals surface area contributed by atoms with Crippen molar-refractivity contribution in [2.24, 2.45) is 0 Å². The Morgan fingerprint density at radius 3 is 1.54 bits per heavy atom. The topological polar surface area (TPSA) is 479 Å². The number of nitrogens with zero attached hydrogens (tertiary/aromatic N) is 10. The van der Waals surface area contributed by atoms with Crippen molar-refractivity contribution in [2.75, 3.05) is 139 Å². The molecule has 1 unspecified atom stereocenters. The van der Waals surface area contributed by atoms with Gasteiger partial charge in [0.15, 0.2) is 0 Å². The number of carbonyl (C=O) groups excluding carboxylic acids is 2. The maximum atomic E-state index is 12.4. The molecule has 34 nitrogen and oxygen atoms in total. The average Bonchev–Trinajstić information content (AvgIpc) is 0.847. The molecule has 0 aliphatic carbocycles. The Labute approximate surface area is 531 Å². The SMILES string of the molecule is O=C(O)CC[C@H](NC(=O)N[C@@H](CCCCNC(=O)CCCCCCCCCCN1CCN(c2nc(Nc3ccc(CC4CN(CC(=O)O)CCN(CC(=O)O)CCN(CC(=O)O)CCN4CCC(=O)O)cc3)nc(N(CC(=O)O)CC(=O)O)n2)CC1)C(=O)O)C(=O)O. The molecule has 2 fully saturated rings. The van der Waals surface area contributed by atoms with E-state index in [1.165, 1.54) is 0 Å². The van der Waals surface area contributed by atoms with Crippen LogP contribution < -0.4 is 31.1 Å². The lowest BCUT2D eigenvalue weighted by Gasteiger charge is -2.38. The predicted molar refractivity (Wildman–Crippen MR) is 329 cm³/mol. The highest BCUT2D eigenvalue weighted by Gasteiger charge is 2.29. The smallest absolute Gasteiger partial charge is 0.326 e. The Morgan fingerprint density at radius 1 is 0.489 bits per heavy atom. The molecule has 0 saturated carbocycles. The van der Waals surface area contributed by atoms with Crippen LogP contribution in [0.15, 0.2) is 24.3 Å². The second-order valence-electron chi connectivity index (χ2n) is 22.8. The first-order valence-corrected chi connectivity index (χ1v) is 30.9. The molecule has 4 rings (SSSR count). The number of unbranched alkanes of at least 4 members (excludes halogenated alkanes) is 8. The van der Waals surface area contributed by atoms with Crippen LogP contribution in [0.2, 0.25) is 0 Å². The molecule has 2 aromatic rings. The molecule has 0 radical (unpaired) electrons. The van der Waals surface area contributed by atoms with Crippen LogP contribution in [0.5, 0.6) is 0 Å². The Balaban J connectivity index is 1.28. The van der Waals surface area contributed by atoms with Crippen LogP contribution in [0.3, 0.4) is 0 Å². The fourth-order valence-corrected chi connectivity index (χ4v) is 10.6. The van der Waals surface area contributed by atoms with Crippen LogP contribution in [0.1, 0.15) is 102 Å². The number of rotatable bonds is 42. The molecule has 2 aliphatic heterocycles. The zero-order chi connectivity index (χ0) is 67.5. The van der Waals surface area contributed by atoms with Gasteiger partial charge in [0.25, 0.3) is 0 Å². The number of carboxylic acids is 9. The van der Waals surface area contributed by atoms with Crippen molar-refractivity contribution in [3.8, 4) is 0 Å². The molecule has 3 amide bonds. The fourth-order valence-electron chi connectivity index (χ4n) is 10.6.